The molecule has 0 amide bonds. The van der Waals surface area contributed by atoms with E-state index in [1.54, 1.807) is 0 Å². The molecule has 376 valence electrons. The molecule has 29 nitrogen and oxygen atoms in total. The van der Waals surface area contributed by atoms with E-state index in [2.05, 4.69) is 17.2 Å². The van der Waals surface area contributed by atoms with Gasteiger partial charge in [-0.05, 0) is 31.2 Å². The molecule has 0 rings (SSSR count). The summed E-state index contributed by atoms with van der Waals surface area (Å²) in [6.45, 7) is 2.34. The van der Waals surface area contributed by atoms with Gasteiger partial charge in [0.1, 0.15) is 17.5 Å². The van der Waals surface area contributed by atoms with E-state index >= 15 is 0 Å². The first-order chi connectivity index (χ1) is 21.7. The SMILES string of the molecule is C.C.C.C.C.C.C.C.C[P+](=O)OP(=O)(O)O.C[P+](=O)OP(=O)(O)O.C[P+](=O)OP(=O)(O)O.C[P+](=O)O[P+](=O)O.O=C(O)CO.O=C(O)CO.OCCO.OCCO.[Ti].[Ti].[Ti].[Ti]. The number of hydrogen-bond acceptors (Lipinski definition) is 20. The first-order valence-electron chi connectivity index (χ1n) is 10.6. The summed E-state index contributed by atoms with van der Waals surface area (Å²) >= 11 is 0. The van der Waals surface area contributed by atoms with Gasteiger partial charge >= 0.3 is 75.8 Å². The van der Waals surface area contributed by atoms with Crippen LogP contribution in [-0.4, -0.2) is 153 Å². The van der Waals surface area contributed by atoms with E-state index in [0.717, 1.165) is 20.0 Å². The van der Waals surface area contributed by atoms with Gasteiger partial charge in [-0.15, -0.1) is 4.89 Å². The Hall–Kier alpha value is 2.31. The van der Waals surface area contributed by atoms with Crippen molar-refractivity contribution in [3.63, 3.8) is 0 Å². The quantitative estimate of drug-likeness (QED) is 0.0980. The monoisotopic (exact) mass is 1210 g/mol. The topological polar surface area (TPSA) is 511 Å². The maximum absolute atomic E-state index is 9.89. The van der Waals surface area contributed by atoms with Crippen molar-refractivity contribution in [1.82, 2.24) is 0 Å². The van der Waals surface area contributed by atoms with Crippen molar-refractivity contribution in [2.24, 2.45) is 0 Å². The van der Waals surface area contributed by atoms with Crippen molar-refractivity contribution in [2.75, 3.05) is 66.3 Å². The van der Waals surface area contributed by atoms with Gasteiger partial charge in [0.25, 0.3) is 0 Å². The van der Waals surface area contributed by atoms with Crippen LogP contribution in [0.1, 0.15) is 59.4 Å². The van der Waals surface area contributed by atoms with Gasteiger partial charge in [0.15, 0.2) is 26.7 Å². The molecule has 0 aromatic heterocycles. The van der Waals surface area contributed by atoms with E-state index in [9.17, 15) is 36.5 Å². The first-order valence-corrected chi connectivity index (χ1v) is 22.8. The van der Waals surface area contributed by atoms with E-state index < -0.39 is 89.0 Å². The van der Waals surface area contributed by atoms with Crippen LogP contribution in [0.5, 0.6) is 0 Å². The fraction of sp³-hybridized carbons (Fsp3) is 0.900. The van der Waals surface area contributed by atoms with Crippen LogP contribution >= 0.6 is 63.8 Å². The average Bonchev–Trinajstić information content (AvgIpc) is 2.85. The van der Waals surface area contributed by atoms with Gasteiger partial charge < -0.3 is 70.2 Å². The largest absolute Gasteiger partial charge is 0.742 e. The molecule has 0 aromatic rings. The zero-order valence-corrected chi connectivity index (χ0v) is 40.6. The van der Waals surface area contributed by atoms with Crippen LogP contribution in [0.4, 0.5) is 0 Å². The Labute approximate surface area is 423 Å². The molecule has 0 bridgehead atoms. The average molecular weight is 1220 g/mol. The number of phosphoric acid groups is 3. The minimum absolute atomic E-state index is 0. The summed E-state index contributed by atoms with van der Waals surface area (Å²) in [6, 6.07) is 0. The van der Waals surface area contributed by atoms with Gasteiger partial charge in [0.05, 0.1) is 26.4 Å². The van der Waals surface area contributed by atoms with Crippen LogP contribution < -0.4 is 0 Å². The Morgan fingerprint density at radius 1 is 0.426 bits per heavy atom. The fourth-order valence-electron chi connectivity index (χ4n) is 0.548. The van der Waals surface area contributed by atoms with E-state index in [0.29, 0.717) is 0 Å². The smallest absolute Gasteiger partial charge is 0.480 e. The predicted octanol–water partition coefficient (Wildman–Crippen LogP) is 3.58. The molecule has 0 saturated heterocycles. The Morgan fingerprint density at radius 3 is 0.557 bits per heavy atom. The molecule has 0 saturated carbocycles. The molecule has 15 N–H and O–H groups in total. The standard InChI is InChI=1S/2C2H4O3.2C2H6O2.3CH4O5P2.CH3O4P2.8CH4.4Ti/c2*3-1-2(4)5;2*3-1-2-4;3*1-7(2)6-8(3,4)5;1-6(2)5-7(3)4;;;;;;;;;;;;/h2*3H,1H2,(H,4,5);2*3-4H,1-2H2;3*1H3,(H-,3,4,5);1H3;8*1H4;;;;/q;;;;;;;+1;;;;;;;;;;;;/p+4. The third-order valence-electron chi connectivity index (χ3n) is 1.32. The molecule has 0 aliphatic rings. The Morgan fingerprint density at radius 2 is 0.557 bits per heavy atom. The first kappa shape index (κ1) is 131. The van der Waals surface area contributed by atoms with Crippen molar-refractivity contribution < 1.29 is 225 Å². The third-order valence-corrected chi connectivity index (χ3v) is 8.11. The van der Waals surface area contributed by atoms with Gasteiger partial charge in [0, 0.05) is 91.4 Å². The molecule has 61 heavy (non-hydrogen) atoms. The summed E-state index contributed by atoms with van der Waals surface area (Å²) in [4.78, 5) is 73.4. The number of hydrogen-bond donors (Lipinski definition) is 15. The number of carbonyl (C=O) groups is 2. The second kappa shape index (κ2) is 89.0. The normalized spacial score (nSPS) is 9.10. The molecule has 0 fully saturated rings. The van der Waals surface area contributed by atoms with Crippen LogP contribution in [0.25, 0.3) is 0 Å². The summed E-state index contributed by atoms with van der Waals surface area (Å²) in [5, 5.41) is 60.5. The molecule has 0 aliphatic heterocycles. The van der Waals surface area contributed by atoms with Crippen LogP contribution in [0.3, 0.4) is 0 Å². The molecular formula is C20H71O29P8Ti4+5. The molecule has 0 aliphatic carbocycles. The van der Waals surface area contributed by atoms with Gasteiger partial charge in [-0.25, -0.2) is 23.3 Å². The van der Waals surface area contributed by atoms with Crippen molar-refractivity contribution in [2.45, 2.75) is 59.4 Å². The summed E-state index contributed by atoms with van der Waals surface area (Å²) in [6.07, 6.45) is 0. The van der Waals surface area contributed by atoms with Gasteiger partial charge in [-0.3, -0.25) is 0 Å². The number of aliphatic hydroxyl groups excluding tert-OH is 6. The van der Waals surface area contributed by atoms with Crippen LogP contribution in [0, 0.1) is 0 Å². The maximum atomic E-state index is 9.89. The number of carboxylic acid groups (broad SMARTS) is 2. The van der Waals surface area contributed by atoms with Crippen LogP contribution in [0.2, 0.25) is 0 Å². The van der Waals surface area contributed by atoms with Crippen LogP contribution in [0.15, 0.2) is 0 Å². The number of aliphatic hydroxyl groups is 6. The molecule has 5 atom stereocenters. The summed E-state index contributed by atoms with van der Waals surface area (Å²) < 4.78 is 92.9. The third kappa shape index (κ3) is 304. The van der Waals surface area contributed by atoms with E-state index in [1.807, 2.05) is 0 Å². The summed E-state index contributed by atoms with van der Waals surface area (Å²) in [5.74, 6) is -2.38. The Bertz CT molecular complexity index is 966. The summed E-state index contributed by atoms with van der Waals surface area (Å²) in [7, 11) is -24.7. The van der Waals surface area contributed by atoms with Crippen molar-refractivity contribution >= 4 is 75.8 Å². The fourth-order valence-corrected chi connectivity index (χ4v) is 4.93. The van der Waals surface area contributed by atoms with E-state index in [1.165, 1.54) is 6.66 Å². The Kier molecular flexibility index (Phi) is 191. The van der Waals surface area contributed by atoms with E-state index in [4.69, 9.17) is 84.7 Å². The maximum Gasteiger partial charge on any atom is 0.742 e. The molecule has 5 unspecified atom stereocenters. The molecule has 0 heterocycles. The molecule has 0 radical (unpaired) electrons. The van der Waals surface area contributed by atoms with Crippen molar-refractivity contribution in [3.8, 4) is 0 Å². The minimum atomic E-state index is -4.51. The zero-order valence-electron chi connectivity index (χ0n) is 27.2. The molecule has 0 spiro atoms. The minimum Gasteiger partial charge on any atom is -0.480 e. The summed E-state index contributed by atoms with van der Waals surface area (Å²) in [5.41, 5.74) is 0. The number of carboxylic acids is 2. The van der Waals surface area contributed by atoms with Gasteiger partial charge in [-0.1, -0.05) is 59.4 Å². The Balaban J connectivity index is -0.0000000172. The second-order valence-electron chi connectivity index (χ2n) is 5.79. The molecule has 0 aromatic carbocycles. The van der Waals surface area contributed by atoms with Gasteiger partial charge in [-0.2, -0.15) is 0 Å². The van der Waals surface area contributed by atoms with Crippen molar-refractivity contribution in [3.05, 3.63) is 0 Å². The second-order valence-corrected chi connectivity index (χ2v) is 15.3. The number of aliphatic carboxylic acids is 2. The number of rotatable bonds is 12. The molecular weight excluding hydrogens is 1140 g/mol. The van der Waals surface area contributed by atoms with Crippen molar-refractivity contribution in [1.29, 1.82) is 0 Å². The molecule has 41 heteroatoms. The van der Waals surface area contributed by atoms with E-state index in [-0.39, 0.29) is 173 Å². The van der Waals surface area contributed by atoms with Crippen LogP contribution in [-0.2, 0) is 150 Å². The van der Waals surface area contributed by atoms with Gasteiger partial charge in [0.2, 0.25) is 0 Å². The zero-order chi connectivity index (χ0) is 41.6. The predicted molar refractivity (Wildman–Crippen MR) is 216 cm³/mol.